The third kappa shape index (κ3) is 5.57. The van der Waals surface area contributed by atoms with Crippen molar-refractivity contribution in [2.75, 3.05) is 20.1 Å². The molecule has 0 spiro atoms. The Balaban J connectivity index is 1.78. The minimum absolute atomic E-state index is 0.782. The number of nitrogens with zero attached hydrogens (tertiary/aromatic N) is 4. The Hall–Kier alpha value is -1.24. The highest BCUT2D eigenvalue weighted by Gasteiger charge is 2.04. The molecular formula is C15H22BrN5. The Bertz CT molecular complexity index is 555. The van der Waals surface area contributed by atoms with Gasteiger partial charge in [0, 0.05) is 30.3 Å². The summed E-state index contributed by atoms with van der Waals surface area (Å²) >= 11 is 3.50. The Kier molecular flexibility index (Phi) is 6.35. The van der Waals surface area contributed by atoms with Gasteiger partial charge in [0.05, 0.1) is 12.2 Å². The molecule has 0 aliphatic rings. The van der Waals surface area contributed by atoms with Gasteiger partial charge in [-0.2, -0.15) is 0 Å². The molecule has 5 nitrogen and oxygen atoms in total. The fourth-order valence-corrected chi connectivity index (χ4v) is 2.53. The SMILES string of the molecule is CCNCc1cn(CCN(C)Cc2cccc(Br)c2)nn1. The first kappa shape index (κ1) is 16.1. The molecule has 0 fully saturated rings. The molecule has 2 aromatic rings. The maximum atomic E-state index is 4.15. The Morgan fingerprint density at radius 2 is 2.24 bits per heavy atom. The third-order valence-electron chi connectivity index (χ3n) is 3.19. The second-order valence-corrected chi connectivity index (χ2v) is 6.04. The highest BCUT2D eigenvalue weighted by molar-refractivity contribution is 9.10. The molecule has 1 aromatic heterocycles. The van der Waals surface area contributed by atoms with Gasteiger partial charge in [0.15, 0.2) is 0 Å². The van der Waals surface area contributed by atoms with Gasteiger partial charge < -0.3 is 10.2 Å². The molecule has 21 heavy (non-hydrogen) atoms. The van der Waals surface area contributed by atoms with Gasteiger partial charge in [-0.1, -0.05) is 40.2 Å². The van der Waals surface area contributed by atoms with E-state index in [1.807, 2.05) is 16.9 Å². The summed E-state index contributed by atoms with van der Waals surface area (Å²) in [5.74, 6) is 0. The largest absolute Gasteiger partial charge is 0.311 e. The maximum absolute atomic E-state index is 4.15. The minimum Gasteiger partial charge on any atom is -0.311 e. The molecule has 0 atom stereocenters. The van der Waals surface area contributed by atoms with Crippen LogP contribution in [0.2, 0.25) is 0 Å². The quantitative estimate of drug-likeness (QED) is 0.792. The van der Waals surface area contributed by atoms with E-state index in [2.05, 4.69) is 68.6 Å². The summed E-state index contributed by atoms with van der Waals surface area (Å²) in [5, 5.41) is 11.6. The number of benzene rings is 1. The van der Waals surface area contributed by atoms with Crippen molar-refractivity contribution >= 4 is 15.9 Å². The van der Waals surface area contributed by atoms with Crippen LogP contribution in [0, 0.1) is 0 Å². The van der Waals surface area contributed by atoms with Gasteiger partial charge in [-0.3, -0.25) is 4.68 Å². The second kappa shape index (κ2) is 8.26. The van der Waals surface area contributed by atoms with Gasteiger partial charge in [0.25, 0.3) is 0 Å². The van der Waals surface area contributed by atoms with Crippen LogP contribution in [0.3, 0.4) is 0 Å². The fraction of sp³-hybridized carbons (Fsp3) is 0.467. The summed E-state index contributed by atoms with van der Waals surface area (Å²) < 4.78 is 3.03. The molecular weight excluding hydrogens is 330 g/mol. The van der Waals surface area contributed by atoms with Gasteiger partial charge >= 0.3 is 0 Å². The fourth-order valence-electron chi connectivity index (χ4n) is 2.08. The summed E-state index contributed by atoms with van der Waals surface area (Å²) in [6.45, 7) is 6.53. The van der Waals surface area contributed by atoms with Crippen molar-refractivity contribution in [2.45, 2.75) is 26.6 Å². The number of likely N-dealkylation sites (N-methyl/N-ethyl adjacent to an activating group) is 1. The van der Waals surface area contributed by atoms with Crippen LogP contribution < -0.4 is 5.32 Å². The van der Waals surface area contributed by atoms with E-state index in [4.69, 9.17) is 0 Å². The van der Waals surface area contributed by atoms with Crippen LogP contribution in [-0.2, 0) is 19.6 Å². The van der Waals surface area contributed by atoms with E-state index in [9.17, 15) is 0 Å². The van der Waals surface area contributed by atoms with Gasteiger partial charge in [-0.15, -0.1) is 5.10 Å². The first-order valence-corrected chi connectivity index (χ1v) is 7.99. The van der Waals surface area contributed by atoms with Crippen LogP contribution in [-0.4, -0.2) is 40.0 Å². The van der Waals surface area contributed by atoms with E-state index in [0.29, 0.717) is 0 Å². The van der Waals surface area contributed by atoms with Crippen molar-refractivity contribution < 1.29 is 0 Å². The first-order chi connectivity index (χ1) is 10.2. The van der Waals surface area contributed by atoms with Gasteiger partial charge in [0.1, 0.15) is 0 Å². The van der Waals surface area contributed by atoms with E-state index in [0.717, 1.165) is 42.9 Å². The van der Waals surface area contributed by atoms with E-state index >= 15 is 0 Å². The summed E-state index contributed by atoms with van der Waals surface area (Å²) in [6.07, 6.45) is 2.01. The van der Waals surface area contributed by atoms with Crippen LogP contribution in [0.4, 0.5) is 0 Å². The minimum atomic E-state index is 0.782. The molecule has 1 aromatic carbocycles. The molecule has 0 unspecified atom stereocenters. The molecule has 0 amide bonds. The number of halogens is 1. The predicted molar refractivity (Wildman–Crippen MR) is 87.9 cm³/mol. The molecule has 1 N–H and O–H groups in total. The molecule has 1 heterocycles. The molecule has 6 heteroatoms. The van der Waals surface area contributed by atoms with Crippen molar-refractivity contribution in [1.82, 2.24) is 25.2 Å². The van der Waals surface area contributed by atoms with Crippen LogP contribution >= 0.6 is 15.9 Å². The predicted octanol–water partition coefficient (Wildman–Crippen LogP) is 2.28. The van der Waals surface area contributed by atoms with Crippen molar-refractivity contribution in [1.29, 1.82) is 0 Å². The lowest BCUT2D eigenvalue weighted by atomic mass is 10.2. The normalized spacial score (nSPS) is 11.2. The lowest BCUT2D eigenvalue weighted by Gasteiger charge is -2.16. The Labute approximate surface area is 134 Å². The molecule has 0 radical (unpaired) electrons. The smallest absolute Gasteiger partial charge is 0.0964 e. The van der Waals surface area contributed by atoms with E-state index in [-0.39, 0.29) is 0 Å². The number of nitrogens with one attached hydrogen (secondary N) is 1. The average molecular weight is 352 g/mol. The zero-order valence-corrected chi connectivity index (χ0v) is 14.2. The molecule has 114 valence electrons. The number of rotatable bonds is 8. The highest BCUT2D eigenvalue weighted by Crippen LogP contribution is 2.12. The molecule has 0 bridgehead atoms. The first-order valence-electron chi connectivity index (χ1n) is 7.20. The summed E-state index contributed by atoms with van der Waals surface area (Å²) in [4.78, 5) is 2.29. The summed E-state index contributed by atoms with van der Waals surface area (Å²) in [7, 11) is 2.12. The van der Waals surface area contributed by atoms with Crippen LogP contribution in [0.5, 0.6) is 0 Å². The standard InChI is InChI=1S/C15H22BrN5/c1-3-17-10-15-12-21(19-18-15)8-7-20(2)11-13-5-4-6-14(16)9-13/h4-6,9,12,17H,3,7-8,10-11H2,1-2H3. The van der Waals surface area contributed by atoms with Gasteiger partial charge in [0.2, 0.25) is 0 Å². The van der Waals surface area contributed by atoms with Crippen LogP contribution in [0.1, 0.15) is 18.2 Å². The monoisotopic (exact) mass is 351 g/mol. The van der Waals surface area contributed by atoms with Crippen LogP contribution in [0.25, 0.3) is 0 Å². The zero-order valence-electron chi connectivity index (χ0n) is 12.6. The second-order valence-electron chi connectivity index (χ2n) is 5.12. The van der Waals surface area contributed by atoms with Crippen LogP contribution in [0.15, 0.2) is 34.9 Å². The molecule has 0 aliphatic carbocycles. The van der Waals surface area contributed by atoms with Gasteiger partial charge in [-0.05, 0) is 31.3 Å². The lowest BCUT2D eigenvalue weighted by Crippen LogP contribution is -2.23. The van der Waals surface area contributed by atoms with E-state index < -0.39 is 0 Å². The van der Waals surface area contributed by atoms with E-state index in [1.54, 1.807) is 0 Å². The Morgan fingerprint density at radius 3 is 3.00 bits per heavy atom. The zero-order chi connectivity index (χ0) is 15.1. The van der Waals surface area contributed by atoms with Gasteiger partial charge in [-0.25, -0.2) is 0 Å². The van der Waals surface area contributed by atoms with E-state index in [1.165, 1.54) is 5.56 Å². The molecule has 0 saturated heterocycles. The third-order valence-corrected chi connectivity index (χ3v) is 3.69. The topological polar surface area (TPSA) is 46.0 Å². The summed E-state index contributed by atoms with van der Waals surface area (Å²) in [6, 6.07) is 8.41. The molecule has 2 rings (SSSR count). The number of aromatic nitrogens is 3. The average Bonchev–Trinajstić information content (AvgIpc) is 2.91. The van der Waals surface area contributed by atoms with Crippen molar-refractivity contribution in [3.63, 3.8) is 0 Å². The number of hydrogen-bond acceptors (Lipinski definition) is 4. The maximum Gasteiger partial charge on any atom is 0.0964 e. The number of hydrogen-bond donors (Lipinski definition) is 1. The van der Waals surface area contributed by atoms with Crippen molar-refractivity contribution in [3.8, 4) is 0 Å². The highest BCUT2D eigenvalue weighted by atomic mass is 79.9. The Morgan fingerprint density at radius 1 is 1.38 bits per heavy atom. The molecule has 0 saturated carbocycles. The lowest BCUT2D eigenvalue weighted by molar-refractivity contribution is 0.304. The van der Waals surface area contributed by atoms with Crippen molar-refractivity contribution in [2.24, 2.45) is 0 Å². The molecule has 0 aliphatic heterocycles. The summed E-state index contributed by atoms with van der Waals surface area (Å²) in [5.41, 5.74) is 2.30. The van der Waals surface area contributed by atoms with Crippen molar-refractivity contribution in [3.05, 3.63) is 46.2 Å².